The molecule has 0 N–H and O–H groups in total. The van der Waals surface area contributed by atoms with Crippen molar-refractivity contribution in [1.29, 1.82) is 0 Å². The minimum atomic E-state index is -0.301. The quantitative estimate of drug-likeness (QED) is 0.657. The fourth-order valence-electron chi connectivity index (χ4n) is 2.75. The normalized spacial score (nSPS) is 19.2. The van der Waals surface area contributed by atoms with Crippen molar-refractivity contribution in [2.24, 2.45) is 5.41 Å². The van der Waals surface area contributed by atoms with Gasteiger partial charge in [-0.25, -0.2) is 4.39 Å². The van der Waals surface area contributed by atoms with Gasteiger partial charge < -0.3 is 0 Å². The summed E-state index contributed by atoms with van der Waals surface area (Å²) in [5.74, 6) is -0.301. The predicted molar refractivity (Wildman–Crippen MR) is 74.4 cm³/mol. The van der Waals surface area contributed by atoms with Crippen LogP contribution < -0.4 is 0 Å². The van der Waals surface area contributed by atoms with E-state index in [1.807, 2.05) is 6.07 Å². The van der Waals surface area contributed by atoms with Gasteiger partial charge in [-0.1, -0.05) is 58.9 Å². The molecule has 0 aromatic heterocycles. The van der Waals surface area contributed by atoms with Crippen LogP contribution in [0.5, 0.6) is 0 Å². The molecule has 3 heteroatoms. The van der Waals surface area contributed by atoms with Crippen LogP contribution in [0.1, 0.15) is 37.7 Å². The van der Waals surface area contributed by atoms with E-state index in [-0.39, 0.29) is 11.2 Å². The van der Waals surface area contributed by atoms with E-state index in [4.69, 9.17) is 11.6 Å². The van der Waals surface area contributed by atoms with Crippen molar-refractivity contribution >= 4 is 27.5 Å². The first kappa shape index (κ1) is 13.4. The van der Waals surface area contributed by atoms with E-state index in [1.54, 1.807) is 6.07 Å². The average Bonchev–Trinajstić information content (AvgIpc) is 2.36. The molecule has 2 rings (SSSR count). The second-order valence-electron chi connectivity index (χ2n) is 5.08. The van der Waals surface area contributed by atoms with Crippen LogP contribution in [0.4, 0.5) is 4.39 Å². The monoisotopic (exact) mass is 318 g/mol. The van der Waals surface area contributed by atoms with Crippen LogP contribution in [0.25, 0.3) is 0 Å². The standard InChI is InChI=1S/C14H17BrClF/c15-10-14(7-2-1-3-8-14)9-11-5-4-6-12(17)13(11)16/h4-6H,1-3,7-10H2. The van der Waals surface area contributed by atoms with E-state index < -0.39 is 0 Å². The molecule has 94 valence electrons. The summed E-state index contributed by atoms with van der Waals surface area (Å²) in [6, 6.07) is 5.12. The Morgan fingerprint density at radius 2 is 1.94 bits per heavy atom. The Balaban J connectivity index is 2.20. The van der Waals surface area contributed by atoms with Gasteiger partial charge in [0.25, 0.3) is 0 Å². The molecule has 0 amide bonds. The molecular formula is C14H17BrClF. The Morgan fingerprint density at radius 3 is 2.59 bits per heavy atom. The molecule has 1 aliphatic rings. The Labute approximate surface area is 116 Å². The van der Waals surface area contributed by atoms with Gasteiger partial charge in [0.05, 0.1) is 5.02 Å². The van der Waals surface area contributed by atoms with Gasteiger partial charge in [0.1, 0.15) is 5.82 Å². The Bertz CT molecular complexity index is 386. The summed E-state index contributed by atoms with van der Waals surface area (Å²) in [5.41, 5.74) is 1.23. The van der Waals surface area contributed by atoms with Gasteiger partial charge in [0.15, 0.2) is 0 Å². The summed E-state index contributed by atoms with van der Waals surface area (Å²) in [5, 5.41) is 1.28. The van der Waals surface area contributed by atoms with E-state index in [0.717, 1.165) is 17.3 Å². The minimum absolute atomic E-state index is 0.273. The van der Waals surface area contributed by atoms with Crippen molar-refractivity contribution in [1.82, 2.24) is 0 Å². The van der Waals surface area contributed by atoms with E-state index in [0.29, 0.717) is 5.02 Å². The maximum Gasteiger partial charge on any atom is 0.142 e. The SMILES string of the molecule is Fc1cccc(CC2(CBr)CCCCC2)c1Cl. The zero-order chi connectivity index (χ0) is 12.3. The van der Waals surface area contributed by atoms with E-state index in [9.17, 15) is 4.39 Å². The van der Waals surface area contributed by atoms with Crippen LogP contribution in [0.15, 0.2) is 18.2 Å². The highest BCUT2D eigenvalue weighted by molar-refractivity contribution is 9.09. The molecule has 0 nitrogen and oxygen atoms in total. The average molecular weight is 320 g/mol. The van der Waals surface area contributed by atoms with E-state index in [2.05, 4.69) is 15.9 Å². The van der Waals surface area contributed by atoms with Crippen LogP contribution in [0.2, 0.25) is 5.02 Å². The van der Waals surface area contributed by atoms with Gasteiger partial charge in [-0.3, -0.25) is 0 Å². The molecule has 1 aromatic carbocycles. The lowest BCUT2D eigenvalue weighted by atomic mass is 9.72. The second kappa shape index (κ2) is 5.71. The van der Waals surface area contributed by atoms with Crippen LogP contribution in [0, 0.1) is 11.2 Å². The van der Waals surface area contributed by atoms with Crippen molar-refractivity contribution in [3.05, 3.63) is 34.6 Å². The lowest BCUT2D eigenvalue weighted by Crippen LogP contribution is -2.28. The molecule has 1 fully saturated rings. The first-order valence-electron chi connectivity index (χ1n) is 6.16. The Hall–Kier alpha value is -0.0800. The van der Waals surface area contributed by atoms with Crippen molar-refractivity contribution < 1.29 is 4.39 Å². The van der Waals surface area contributed by atoms with Gasteiger partial charge >= 0.3 is 0 Å². The smallest absolute Gasteiger partial charge is 0.142 e. The van der Waals surface area contributed by atoms with Crippen LogP contribution in [0.3, 0.4) is 0 Å². The highest BCUT2D eigenvalue weighted by atomic mass is 79.9. The summed E-state index contributed by atoms with van der Waals surface area (Å²) in [6.45, 7) is 0. The van der Waals surface area contributed by atoms with Crippen LogP contribution >= 0.6 is 27.5 Å². The van der Waals surface area contributed by atoms with Gasteiger partial charge in [0, 0.05) is 5.33 Å². The molecule has 1 saturated carbocycles. The zero-order valence-electron chi connectivity index (χ0n) is 9.82. The molecule has 0 heterocycles. The summed E-state index contributed by atoms with van der Waals surface area (Å²) >= 11 is 9.67. The summed E-state index contributed by atoms with van der Waals surface area (Å²) in [4.78, 5) is 0. The molecule has 1 aliphatic carbocycles. The maximum atomic E-state index is 13.4. The lowest BCUT2D eigenvalue weighted by Gasteiger charge is -2.36. The third kappa shape index (κ3) is 3.03. The van der Waals surface area contributed by atoms with Crippen molar-refractivity contribution in [3.63, 3.8) is 0 Å². The van der Waals surface area contributed by atoms with Crippen molar-refractivity contribution in [2.45, 2.75) is 38.5 Å². The Kier molecular flexibility index (Phi) is 4.48. The topological polar surface area (TPSA) is 0 Å². The van der Waals surface area contributed by atoms with Crippen LogP contribution in [-0.2, 0) is 6.42 Å². The van der Waals surface area contributed by atoms with Crippen molar-refractivity contribution in [3.8, 4) is 0 Å². The molecule has 0 spiro atoms. The van der Waals surface area contributed by atoms with Gasteiger partial charge in [0.2, 0.25) is 0 Å². The summed E-state index contributed by atoms with van der Waals surface area (Å²) in [6.07, 6.45) is 7.19. The Morgan fingerprint density at radius 1 is 1.24 bits per heavy atom. The van der Waals surface area contributed by atoms with Crippen molar-refractivity contribution in [2.75, 3.05) is 5.33 Å². The highest BCUT2D eigenvalue weighted by Crippen LogP contribution is 2.41. The van der Waals surface area contributed by atoms with Gasteiger partial charge in [-0.15, -0.1) is 0 Å². The maximum absolute atomic E-state index is 13.4. The molecule has 1 aromatic rings. The zero-order valence-corrected chi connectivity index (χ0v) is 12.2. The number of hydrogen-bond acceptors (Lipinski definition) is 0. The molecule has 0 aliphatic heterocycles. The fraction of sp³-hybridized carbons (Fsp3) is 0.571. The van der Waals surface area contributed by atoms with E-state index in [1.165, 1.54) is 38.2 Å². The fourth-order valence-corrected chi connectivity index (χ4v) is 3.70. The first-order valence-corrected chi connectivity index (χ1v) is 7.66. The molecule has 0 unspecified atom stereocenters. The lowest BCUT2D eigenvalue weighted by molar-refractivity contribution is 0.223. The first-order chi connectivity index (χ1) is 8.17. The molecule has 0 radical (unpaired) electrons. The largest absolute Gasteiger partial charge is 0.205 e. The van der Waals surface area contributed by atoms with Gasteiger partial charge in [-0.2, -0.15) is 0 Å². The number of rotatable bonds is 3. The predicted octanol–water partition coefficient (Wildman–Crippen LogP) is 5.37. The number of halogens is 3. The second-order valence-corrected chi connectivity index (χ2v) is 6.02. The van der Waals surface area contributed by atoms with Crippen LogP contribution in [-0.4, -0.2) is 5.33 Å². The molecular weight excluding hydrogens is 303 g/mol. The summed E-state index contributed by atoms with van der Waals surface area (Å²) in [7, 11) is 0. The third-order valence-electron chi connectivity index (χ3n) is 3.79. The van der Waals surface area contributed by atoms with E-state index >= 15 is 0 Å². The number of benzene rings is 1. The minimum Gasteiger partial charge on any atom is -0.205 e. The molecule has 0 saturated heterocycles. The molecule has 17 heavy (non-hydrogen) atoms. The molecule has 0 atom stereocenters. The van der Waals surface area contributed by atoms with Gasteiger partial charge in [-0.05, 0) is 36.3 Å². The molecule has 0 bridgehead atoms. The summed E-state index contributed by atoms with van der Waals surface area (Å²) < 4.78 is 13.4. The third-order valence-corrected chi connectivity index (χ3v) is 5.41. The highest BCUT2D eigenvalue weighted by Gasteiger charge is 2.31. The number of alkyl halides is 1. The number of hydrogen-bond donors (Lipinski definition) is 0.